The zero-order valence-electron chi connectivity index (χ0n) is 11.7. The average molecular weight is 277 g/mol. The minimum Gasteiger partial charge on any atom is -0.493 e. The number of benzene rings is 1. The van der Waals surface area contributed by atoms with Crippen LogP contribution in [0.4, 0.5) is 5.69 Å². The molecule has 0 atom stereocenters. The first-order valence-corrected chi connectivity index (χ1v) is 6.54. The molecule has 0 aliphatic heterocycles. The molecule has 0 aromatic heterocycles. The molecule has 1 aliphatic carbocycles. The van der Waals surface area contributed by atoms with E-state index in [9.17, 15) is 10.1 Å². The fraction of sp³-hybridized carbons (Fsp3) is 0.500. The van der Waals surface area contributed by atoms with Crippen molar-refractivity contribution >= 4 is 11.5 Å². The monoisotopic (exact) mass is 277 g/mol. The summed E-state index contributed by atoms with van der Waals surface area (Å²) < 4.78 is 5.81. The molecule has 1 aliphatic rings. The van der Waals surface area contributed by atoms with Crippen molar-refractivity contribution in [2.24, 2.45) is 11.1 Å². The number of amidine groups is 1. The minimum atomic E-state index is -0.385. The molecule has 1 aromatic rings. The molecule has 0 bridgehead atoms. The number of nitro benzene ring substituents is 1. The molecule has 1 fully saturated rings. The van der Waals surface area contributed by atoms with Gasteiger partial charge in [0.05, 0.1) is 17.4 Å². The summed E-state index contributed by atoms with van der Waals surface area (Å²) in [5.74, 6) is 0.852. The van der Waals surface area contributed by atoms with Crippen molar-refractivity contribution in [1.82, 2.24) is 0 Å². The normalized spacial score (nSPS) is 15.7. The number of nitrogens with zero attached hydrogens (tertiary/aromatic N) is 1. The van der Waals surface area contributed by atoms with Crippen LogP contribution in [0.2, 0.25) is 0 Å². The van der Waals surface area contributed by atoms with Gasteiger partial charge in [0.25, 0.3) is 5.69 Å². The molecule has 6 heteroatoms. The third-order valence-electron chi connectivity index (χ3n) is 3.75. The summed E-state index contributed by atoms with van der Waals surface area (Å²) in [4.78, 5) is 10.5. The minimum absolute atomic E-state index is 0.00600. The van der Waals surface area contributed by atoms with Crippen molar-refractivity contribution < 1.29 is 9.66 Å². The number of aryl methyl sites for hydroxylation is 2. The fourth-order valence-electron chi connectivity index (χ4n) is 2.31. The van der Waals surface area contributed by atoms with Crippen LogP contribution in [0.5, 0.6) is 5.75 Å². The SMILES string of the molecule is Cc1cc([N+](=O)[O-])c(C)cc1OCC1(CC(=N)N)CC1. The molecule has 0 unspecified atom stereocenters. The zero-order chi connectivity index (χ0) is 14.9. The first-order chi connectivity index (χ1) is 9.33. The van der Waals surface area contributed by atoms with Crippen molar-refractivity contribution in [3.8, 4) is 5.75 Å². The van der Waals surface area contributed by atoms with Crippen LogP contribution in [0.25, 0.3) is 0 Å². The van der Waals surface area contributed by atoms with E-state index in [1.807, 2.05) is 0 Å². The molecule has 6 nitrogen and oxygen atoms in total. The summed E-state index contributed by atoms with van der Waals surface area (Å²) in [7, 11) is 0. The molecule has 2 rings (SSSR count). The van der Waals surface area contributed by atoms with E-state index in [0.717, 1.165) is 18.4 Å². The summed E-state index contributed by atoms with van der Waals surface area (Å²) >= 11 is 0. The molecule has 1 aromatic carbocycles. The van der Waals surface area contributed by atoms with Gasteiger partial charge in [-0.25, -0.2) is 0 Å². The second kappa shape index (κ2) is 5.11. The van der Waals surface area contributed by atoms with Crippen LogP contribution < -0.4 is 10.5 Å². The Morgan fingerprint density at radius 2 is 2.10 bits per heavy atom. The Morgan fingerprint density at radius 3 is 2.60 bits per heavy atom. The van der Waals surface area contributed by atoms with Gasteiger partial charge in [-0.3, -0.25) is 15.5 Å². The van der Waals surface area contributed by atoms with E-state index in [1.54, 1.807) is 19.9 Å². The summed E-state index contributed by atoms with van der Waals surface area (Å²) in [6, 6.07) is 3.24. The topological polar surface area (TPSA) is 102 Å². The lowest BCUT2D eigenvalue weighted by molar-refractivity contribution is -0.385. The lowest BCUT2D eigenvalue weighted by Gasteiger charge is -2.17. The highest BCUT2D eigenvalue weighted by Crippen LogP contribution is 2.49. The Balaban J connectivity index is 2.09. The first-order valence-electron chi connectivity index (χ1n) is 6.54. The third-order valence-corrected chi connectivity index (χ3v) is 3.75. The number of hydrogen-bond acceptors (Lipinski definition) is 4. The highest BCUT2D eigenvalue weighted by molar-refractivity contribution is 5.78. The zero-order valence-corrected chi connectivity index (χ0v) is 11.7. The second-order valence-electron chi connectivity index (χ2n) is 5.65. The van der Waals surface area contributed by atoms with Gasteiger partial charge in [0.2, 0.25) is 0 Å². The Kier molecular flexibility index (Phi) is 3.65. The number of nitrogens with one attached hydrogen (secondary N) is 1. The van der Waals surface area contributed by atoms with Gasteiger partial charge in [0.1, 0.15) is 5.75 Å². The van der Waals surface area contributed by atoms with E-state index in [2.05, 4.69) is 0 Å². The van der Waals surface area contributed by atoms with Gasteiger partial charge in [-0.05, 0) is 38.3 Å². The van der Waals surface area contributed by atoms with Gasteiger partial charge in [-0.15, -0.1) is 0 Å². The van der Waals surface area contributed by atoms with Gasteiger partial charge in [-0.1, -0.05) is 0 Å². The summed E-state index contributed by atoms with van der Waals surface area (Å²) in [5, 5.41) is 18.2. The van der Waals surface area contributed by atoms with Gasteiger partial charge < -0.3 is 10.5 Å². The predicted octanol–water partition coefficient (Wildman–Crippen LogP) is 2.70. The fourth-order valence-corrected chi connectivity index (χ4v) is 2.31. The molecule has 0 amide bonds. The second-order valence-corrected chi connectivity index (χ2v) is 5.65. The van der Waals surface area contributed by atoms with Crippen LogP contribution >= 0.6 is 0 Å². The number of rotatable bonds is 6. The van der Waals surface area contributed by atoms with Crippen molar-refractivity contribution in [2.75, 3.05) is 6.61 Å². The molecule has 0 radical (unpaired) electrons. The van der Waals surface area contributed by atoms with Crippen LogP contribution in [0.1, 0.15) is 30.4 Å². The van der Waals surface area contributed by atoms with Crippen molar-refractivity contribution in [1.29, 1.82) is 5.41 Å². The Morgan fingerprint density at radius 1 is 1.45 bits per heavy atom. The molecular formula is C14H19N3O3. The summed E-state index contributed by atoms with van der Waals surface area (Å²) in [5.41, 5.74) is 6.89. The molecule has 0 heterocycles. The Hall–Kier alpha value is -2.11. The van der Waals surface area contributed by atoms with E-state index in [4.69, 9.17) is 15.9 Å². The third kappa shape index (κ3) is 3.07. The van der Waals surface area contributed by atoms with Crippen molar-refractivity contribution in [3.63, 3.8) is 0 Å². The first kappa shape index (κ1) is 14.3. The van der Waals surface area contributed by atoms with Crippen LogP contribution in [0, 0.1) is 34.8 Å². The average Bonchev–Trinajstić information content (AvgIpc) is 3.08. The van der Waals surface area contributed by atoms with Gasteiger partial charge in [-0.2, -0.15) is 0 Å². The highest BCUT2D eigenvalue weighted by Gasteiger charge is 2.44. The number of nitro groups is 1. The maximum Gasteiger partial charge on any atom is 0.272 e. The van der Waals surface area contributed by atoms with Crippen LogP contribution in [-0.4, -0.2) is 17.4 Å². The highest BCUT2D eigenvalue weighted by atomic mass is 16.6. The lowest BCUT2D eigenvalue weighted by Crippen LogP contribution is -2.22. The Labute approximate surface area is 117 Å². The number of ether oxygens (including phenoxy) is 1. The molecule has 3 N–H and O–H groups in total. The molecule has 0 saturated heterocycles. The number of nitrogens with two attached hydrogens (primary N) is 1. The number of hydrogen-bond donors (Lipinski definition) is 2. The largest absolute Gasteiger partial charge is 0.493 e. The van der Waals surface area contributed by atoms with Crippen molar-refractivity contribution in [2.45, 2.75) is 33.1 Å². The predicted molar refractivity (Wildman–Crippen MR) is 76.3 cm³/mol. The van der Waals surface area contributed by atoms with Crippen LogP contribution in [0.15, 0.2) is 12.1 Å². The lowest BCUT2D eigenvalue weighted by atomic mass is 10.0. The molecule has 0 spiro atoms. The van der Waals surface area contributed by atoms with Gasteiger partial charge >= 0.3 is 0 Å². The molecule has 20 heavy (non-hydrogen) atoms. The maximum atomic E-state index is 10.9. The molecular weight excluding hydrogens is 258 g/mol. The van der Waals surface area contributed by atoms with E-state index in [0.29, 0.717) is 24.3 Å². The molecule has 108 valence electrons. The Bertz CT molecular complexity index is 565. The van der Waals surface area contributed by atoms with E-state index in [1.165, 1.54) is 6.07 Å². The van der Waals surface area contributed by atoms with Crippen LogP contribution in [0.3, 0.4) is 0 Å². The summed E-state index contributed by atoms with van der Waals surface area (Å²) in [6.07, 6.45) is 2.58. The van der Waals surface area contributed by atoms with Crippen LogP contribution in [-0.2, 0) is 0 Å². The van der Waals surface area contributed by atoms with E-state index < -0.39 is 0 Å². The maximum absolute atomic E-state index is 10.9. The van der Waals surface area contributed by atoms with E-state index >= 15 is 0 Å². The van der Waals surface area contributed by atoms with E-state index in [-0.39, 0.29) is 21.9 Å². The quantitative estimate of drug-likeness (QED) is 0.361. The van der Waals surface area contributed by atoms with Crippen molar-refractivity contribution in [3.05, 3.63) is 33.4 Å². The standard InChI is InChI=1S/C14H19N3O3/c1-9-6-12(10(2)5-11(9)17(18)19)20-8-14(3-4-14)7-13(15)16/h5-6H,3-4,7-8H2,1-2H3,(H3,15,16). The summed E-state index contributed by atoms with van der Waals surface area (Å²) in [6.45, 7) is 4.00. The van der Waals surface area contributed by atoms with Gasteiger partial charge in [0, 0.05) is 23.5 Å². The van der Waals surface area contributed by atoms with Gasteiger partial charge in [0.15, 0.2) is 0 Å². The smallest absolute Gasteiger partial charge is 0.272 e. The molecule has 1 saturated carbocycles.